The first-order valence-corrected chi connectivity index (χ1v) is 9.66. The number of aryl methyl sites for hydroxylation is 3. The first-order chi connectivity index (χ1) is 13.9. The van der Waals surface area contributed by atoms with Crippen LogP contribution in [0.3, 0.4) is 0 Å². The predicted octanol–water partition coefficient (Wildman–Crippen LogP) is 2.86. The summed E-state index contributed by atoms with van der Waals surface area (Å²) in [6, 6.07) is 9.93. The molecule has 0 radical (unpaired) electrons. The molecule has 2 aromatic rings. The van der Waals surface area contributed by atoms with E-state index in [0.29, 0.717) is 25.9 Å². The summed E-state index contributed by atoms with van der Waals surface area (Å²) in [7, 11) is 1.32. The normalized spacial score (nSPS) is 10.4. The molecule has 1 aromatic carbocycles. The Balaban J connectivity index is 2.12. The van der Waals surface area contributed by atoms with Gasteiger partial charge in [0.15, 0.2) is 0 Å². The van der Waals surface area contributed by atoms with Crippen LogP contribution in [0.15, 0.2) is 24.3 Å². The van der Waals surface area contributed by atoms with E-state index in [2.05, 4.69) is 11.2 Å². The van der Waals surface area contributed by atoms with Gasteiger partial charge in [-0.2, -0.15) is 10.4 Å². The minimum Gasteiger partial charge on any atom is -0.468 e. The van der Waals surface area contributed by atoms with E-state index in [-0.39, 0.29) is 18.9 Å². The van der Waals surface area contributed by atoms with Crippen molar-refractivity contribution in [2.45, 2.75) is 53.1 Å². The zero-order chi connectivity index (χ0) is 21.4. The molecule has 154 valence electrons. The standard InChI is InChI=1S/C22H28N4O3/c1-16-8-5-6-9-19(16)14-25(15-22(28)29-4)21(27)11-10-20-17(2)24-26(18(20)3)13-7-12-23/h5-6,8-9H,7,10-11,13-15H2,1-4H3. The number of nitrogens with zero attached hydrogens (tertiary/aromatic N) is 4. The van der Waals surface area contributed by atoms with Gasteiger partial charge in [0.1, 0.15) is 6.54 Å². The second-order valence-corrected chi connectivity index (χ2v) is 7.03. The number of carbonyl (C=O) groups excluding carboxylic acids is 2. The van der Waals surface area contributed by atoms with Gasteiger partial charge in [0.05, 0.1) is 31.8 Å². The highest BCUT2D eigenvalue weighted by Crippen LogP contribution is 2.17. The fourth-order valence-corrected chi connectivity index (χ4v) is 3.31. The molecule has 1 heterocycles. The van der Waals surface area contributed by atoms with Gasteiger partial charge in [-0.05, 0) is 43.9 Å². The molecule has 0 unspecified atom stereocenters. The van der Waals surface area contributed by atoms with Crippen LogP contribution in [0, 0.1) is 32.1 Å². The lowest BCUT2D eigenvalue weighted by atomic mass is 10.1. The molecular formula is C22H28N4O3. The number of rotatable bonds is 9. The summed E-state index contributed by atoms with van der Waals surface area (Å²) in [5.41, 5.74) is 4.93. The lowest BCUT2D eigenvalue weighted by Gasteiger charge is -2.22. The molecule has 0 spiro atoms. The average molecular weight is 396 g/mol. The molecule has 0 bridgehead atoms. The van der Waals surface area contributed by atoms with Gasteiger partial charge in [-0.15, -0.1) is 0 Å². The van der Waals surface area contributed by atoms with Crippen LogP contribution < -0.4 is 0 Å². The van der Waals surface area contributed by atoms with E-state index in [9.17, 15) is 9.59 Å². The van der Waals surface area contributed by atoms with Gasteiger partial charge < -0.3 is 9.64 Å². The summed E-state index contributed by atoms with van der Waals surface area (Å²) >= 11 is 0. The SMILES string of the molecule is COC(=O)CN(Cc1ccccc1C)C(=O)CCc1c(C)nn(CCC#N)c1C. The number of aromatic nitrogens is 2. The Morgan fingerprint density at radius 3 is 2.62 bits per heavy atom. The number of hydrogen-bond donors (Lipinski definition) is 0. The summed E-state index contributed by atoms with van der Waals surface area (Å²) in [5, 5.41) is 13.3. The number of carbonyl (C=O) groups is 2. The molecule has 0 aliphatic rings. The molecule has 0 aliphatic carbocycles. The topological polar surface area (TPSA) is 88.2 Å². The number of benzene rings is 1. The first-order valence-electron chi connectivity index (χ1n) is 9.66. The third kappa shape index (κ3) is 5.92. The molecule has 0 fully saturated rings. The van der Waals surface area contributed by atoms with Gasteiger partial charge in [0, 0.05) is 18.7 Å². The Labute approximate surface area is 171 Å². The van der Waals surface area contributed by atoms with Crippen LogP contribution in [-0.4, -0.2) is 40.2 Å². The minimum atomic E-state index is -0.441. The van der Waals surface area contributed by atoms with Crippen molar-refractivity contribution in [3.8, 4) is 6.07 Å². The molecule has 0 aliphatic heterocycles. The molecule has 1 aromatic heterocycles. The van der Waals surface area contributed by atoms with Gasteiger partial charge in [-0.3, -0.25) is 14.3 Å². The van der Waals surface area contributed by atoms with E-state index in [1.54, 1.807) is 4.90 Å². The van der Waals surface area contributed by atoms with Crippen molar-refractivity contribution in [2.75, 3.05) is 13.7 Å². The average Bonchev–Trinajstić information content (AvgIpc) is 2.98. The van der Waals surface area contributed by atoms with Crippen molar-refractivity contribution in [1.29, 1.82) is 5.26 Å². The maximum absolute atomic E-state index is 12.9. The highest BCUT2D eigenvalue weighted by Gasteiger charge is 2.20. The van der Waals surface area contributed by atoms with Crippen molar-refractivity contribution in [3.63, 3.8) is 0 Å². The smallest absolute Gasteiger partial charge is 0.325 e. The highest BCUT2D eigenvalue weighted by molar-refractivity contribution is 5.82. The number of amides is 1. The molecule has 29 heavy (non-hydrogen) atoms. The molecule has 0 N–H and O–H groups in total. The molecule has 0 saturated heterocycles. The van der Waals surface area contributed by atoms with Crippen molar-refractivity contribution >= 4 is 11.9 Å². The number of hydrogen-bond acceptors (Lipinski definition) is 5. The van der Waals surface area contributed by atoms with Crippen LogP contribution in [0.25, 0.3) is 0 Å². The van der Waals surface area contributed by atoms with Crippen LogP contribution in [0.4, 0.5) is 0 Å². The third-order valence-electron chi connectivity index (χ3n) is 5.08. The zero-order valence-corrected chi connectivity index (χ0v) is 17.6. The van der Waals surface area contributed by atoms with Gasteiger partial charge in [0.25, 0.3) is 0 Å². The fraction of sp³-hybridized carbons (Fsp3) is 0.455. The lowest BCUT2D eigenvalue weighted by Crippen LogP contribution is -2.36. The summed E-state index contributed by atoms with van der Waals surface area (Å²) in [6.45, 7) is 6.67. The largest absolute Gasteiger partial charge is 0.468 e. The van der Waals surface area contributed by atoms with E-state index in [0.717, 1.165) is 28.1 Å². The van der Waals surface area contributed by atoms with Crippen molar-refractivity contribution in [1.82, 2.24) is 14.7 Å². The van der Waals surface area contributed by atoms with E-state index >= 15 is 0 Å². The summed E-state index contributed by atoms with van der Waals surface area (Å²) in [5.74, 6) is -0.550. The second-order valence-electron chi connectivity index (χ2n) is 7.03. The molecule has 7 heteroatoms. The number of nitriles is 1. The Bertz CT molecular complexity index is 911. The molecule has 0 atom stereocenters. The predicted molar refractivity (Wildman–Crippen MR) is 109 cm³/mol. The monoisotopic (exact) mass is 396 g/mol. The number of ether oxygens (including phenoxy) is 1. The molecule has 2 rings (SSSR count). The summed E-state index contributed by atoms with van der Waals surface area (Å²) in [6.07, 6.45) is 1.20. The van der Waals surface area contributed by atoms with Crippen molar-refractivity contribution in [3.05, 3.63) is 52.3 Å². The van der Waals surface area contributed by atoms with Crippen LogP contribution in [-0.2, 0) is 33.8 Å². The molecule has 0 saturated carbocycles. The number of methoxy groups -OCH3 is 1. The summed E-state index contributed by atoms with van der Waals surface area (Å²) in [4.78, 5) is 26.3. The van der Waals surface area contributed by atoms with Crippen LogP contribution in [0.1, 0.15) is 40.9 Å². The maximum atomic E-state index is 12.9. The van der Waals surface area contributed by atoms with Gasteiger partial charge >= 0.3 is 5.97 Å². The Morgan fingerprint density at radius 1 is 1.24 bits per heavy atom. The third-order valence-corrected chi connectivity index (χ3v) is 5.08. The molecular weight excluding hydrogens is 368 g/mol. The van der Waals surface area contributed by atoms with E-state index in [1.807, 2.05) is 49.7 Å². The van der Waals surface area contributed by atoms with E-state index < -0.39 is 5.97 Å². The maximum Gasteiger partial charge on any atom is 0.325 e. The van der Waals surface area contributed by atoms with Crippen LogP contribution in [0.5, 0.6) is 0 Å². The minimum absolute atomic E-state index is 0.0803. The zero-order valence-electron chi connectivity index (χ0n) is 17.6. The van der Waals surface area contributed by atoms with Crippen LogP contribution in [0.2, 0.25) is 0 Å². The quantitative estimate of drug-likeness (QED) is 0.608. The Morgan fingerprint density at radius 2 is 1.97 bits per heavy atom. The Kier molecular flexibility index (Phi) is 7.96. The van der Waals surface area contributed by atoms with Gasteiger partial charge in [-0.25, -0.2) is 0 Å². The fourth-order valence-electron chi connectivity index (χ4n) is 3.31. The van der Waals surface area contributed by atoms with Crippen LogP contribution >= 0.6 is 0 Å². The summed E-state index contributed by atoms with van der Waals surface area (Å²) < 4.78 is 6.59. The number of esters is 1. The van der Waals surface area contributed by atoms with Gasteiger partial charge in [-0.1, -0.05) is 24.3 Å². The second kappa shape index (κ2) is 10.4. The van der Waals surface area contributed by atoms with E-state index in [4.69, 9.17) is 10.00 Å². The van der Waals surface area contributed by atoms with Gasteiger partial charge in [0.2, 0.25) is 5.91 Å². The first kappa shape index (κ1) is 22.2. The van der Waals surface area contributed by atoms with Crippen molar-refractivity contribution < 1.29 is 14.3 Å². The molecule has 1 amide bonds. The lowest BCUT2D eigenvalue weighted by molar-refractivity contribution is -0.147. The van der Waals surface area contributed by atoms with E-state index in [1.165, 1.54) is 7.11 Å². The molecule has 7 nitrogen and oxygen atoms in total. The highest BCUT2D eigenvalue weighted by atomic mass is 16.5. The Hall–Kier alpha value is -3.14. The van der Waals surface area contributed by atoms with Crippen molar-refractivity contribution in [2.24, 2.45) is 0 Å².